The fourth-order valence-electron chi connectivity index (χ4n) is 1.37. The minimum atomic E-state index is -0.584. The van der Waals surface area contributed by atoms with Gasteiger partial charge in [-0.3, -0.25) is 4.79 Å². The van der Waals surface area contributed by atoms with Gasteiger partial charge in [0.1, 0.15) is 5.38 Å². The SMILES string of the molecule is CC(Cl)C(=O)Nc1cnc(-c2ccccc2)nc1. The predicted molar refractivity (Wildman–Crippen MR) is 71.4 cm³/mol. The molecule has 0 spiro atoms. The summed E-state index contributed by atoms with van der Waals surface area (Å²) in [6.45, 7) is 1.61. The molecule has 1 atom stereocenters. The van der Waals surface area contributed by atoms with Crippen LogP contribution in [0.1, 0.15) is 6.92 Å². The van der Waals surface area contributed by atoms with Crippen molar-refractivity contribution in [3.05, 3.63) is 42.7 Å². The maximum Gasteiger partial charge on any atom is 0.242 e. The van der Waals surface area contributed by atoms with E-state index < -0.39 is 5.38 Å². The molecule has 1 aromatic carbocycles. The van der Waals surface area contributed by atoms with Crippen molar-refractivity contribution in [2.45, 2.75) is 12.3 Å². The molecular formula is C13H12ClN3O. The summed E-state index contributed by atoms with van der Waals surface area (Å²) in [6, 6.07) is 9.62. The normalized spacial score (nSPS) is 11.9. The second-order valence-corrected chi connectivity index (χ2v) is 4.42. The van der Waals surface area contributed by atoms with Crippen molar-refractivity contribution in [1.82, 2.24) is 9.97 Å². The van der Waals surface area contributed by atoms with E-state index in [1.165, 1.54) is 0 Å². The molecule has 2 rings (SSSR count). The van der Waals surface area contributed by atoms with Crippen molar-refractivity contribution < 1.29 is 4.79 Å². The zero-order valence-corrected chi connectivity index (χ0v) is 10.6. The van der Waals surface area contributed by atoms with Gasteiger partial charge >= 0.3 is 0 Å². The number of hydrogen-bond acceptors (Lipinski definition) is 3. The average molecular weight is 262 g/mol. The Morgan fingerprint density at radius 3 is 2.39 bits per heavy atom. The zero-order chi connectivity index (χ0) is 13.0. The zero-order valence-electron chi connectivity index (χ0n) is 9.80. The standard InChI is InChI=1S/C13H12ClN3O/c1-9(14)13(18)17-11-7-15-12(16-8-11)10-5-3-2-4-6-10/h2-9H,1H3,(H,17,18). The van der Waals surface area contributed by atoms with Crippen LogP contribution in [0.4, 0.5) is 5.69 Å². The van der Waals surface area contributed by atoms with E-state index in [2.05, 4.69) is 15.3 Å². The molecule has 18 heavy (non-hydrogen) atoms. The van der Waals surface area contributed by atoms with Gasteiger partial charge in [-0.05, 0) is 6.92 Å². The molecule has 5 heteroatoms. The third kappa shape index (κ3) is 3.05. The molecule has 0 bridgehead atoms. The highest BCUT2D eigenvalue weighted by molar-refractivity contribution is 6.32. The first-order valence-corrected chi connectivity index (χ1v) is 5.93. The molecule has 2 aromatic rings. The highest BCUT2D eigenvalue weighted by Gasteiger charge is 2.09. The average Bonchev–Trinajstić information content (AvgIpc) is 2.40. The van der Waals surface area contributed by atoms with Crippen molar-refractivity contribution in [2.24, 2.45) is 0 Å². The molecule has 1 amide bonds. The van der Waals surface area contributed by atoms with E-state index in [4.69, 9.17) is 11.6 Å². The number of aromatic nitrogens is 2. The molecule has 0 saturated carbocycles. The van der Waals surface area contributed by atoms with E-state index in [-0.39, 0.29) is 5.91 Å². The van der Waals surface area contributed by atoms with Gasteiger partial charge in [0.2, 0.25) is 5.91 Å². The Kier molecular flexibility index (Phi) is 3.89. The molecule has 1 unspecified atom stereocenters. The molecule has 0 aliphatic rings. The summed E-state index contributed by atoms with van der Waals surface area (Å²) >= 11 is 5.65. The Morgan fingerprint density at radius 1 is 1.22 bits per heavy atom. The number of nitrogens with zero attached hydrogens (tertiary/aromatic N) is 2. The molecule has 1 aromatic heterocycles. The Balaban J connectivity index is 2.13. The van der Waals surface area contributed by atoms with Crippen LogP contribution < -0.4 is 5.32 Å². The number of benzene rings is 1. The minimum absolute atomic E-state index is 0.271. The third-order valence-electron chi connectivity index (χ3n) is 2.31. The summed E-state index contributed by atoms with van der Waals surface area (Å²) in [5.41, 5.74) is 1.47. The molecule has 92 valence electrons. The molecule has 4 nitrogen and oxygen atoms in total. The lowest BCUT2D eigenvalue weighted by Gasteiger charge is -2.06. The Labute approximate surface area is 110 Å². The van der Waals surface area contributed by atoms with Crippen LogP contribution in [0, 0.1) is 0 Å². The summed E-state index contributed by atoms with van der Waals surface area (Å²) in [5, 5.41) is 2.04. The van der Waals surface area contributed by atoms with E-state index >= 15 is 0 Å². The van der Waals surface area contributed by atoms with Gasteiger partial charge in [-0.1, -0.05) is 30.3 Å². The number of alkyl halides is 1. The van der Waals surface area contributed by atoms with Crippen molar-refractivity contribution in [1.29, 1.82) is 0 Å². The van der Waals surface area contributed by atoms with Gasteiger partial charge in [0.15, 0.2) is 5.82 Å². The van der Waals surface area contributed by atoms with Crippen LogP contribution >= 0.6 is 11.6 Å². The van der Waals surface area contributed by atoms with Gasteiger partial charge in [-0.15, -0.1) is 11.6 Å². The number of carbonyl (C=O) groups is 1. The lowest BCUT2D eigenvalue weighted by molar-refractivity contribution is -0.115. The van der Waals surface area contributed by atoms with E-state index in [1.807, 2.05) is 30.3 Å². The van der Waals surface area contributed by atoms with E-state index in [1.54, 1.807) is 19.3 Å². The fourth-order valence-corrected chi connectivity index (χ4v) is 1.43. The molecule has 0 radical (unpaired) electrons. The van der Waals surface area contributed by atoms with Gasteiger partial charge in [0.05, 0.1) is 18.1 Å². The van der Waals surface area contributed by atoms with Crippen LogP contribution in [0.3, 0.4) is 0 Å². The number of amides is 1. The third-order valence-corrected chi connectivity index (χ3v) is 2.51. The van der Waals surface area contributed by atoms with Gasteiger partial charge in [-0.2, -0.15) is 0 Å². The second kappa shape index (κ2) is 5.60. The topological polar surface area (TPSA) is 54.9 Å². The fraction of sp³-hybridized carbons (Fsp3) is 0.154. The lowest BCUT2D eigenvalue weighted by Crippen LogP contribution is -2.20. The molecule has 1 heterocycles. The summed E-state index contributed by atoms with van der Waals surface area (Å²) in [7, 11) is 0. The van der Waals surface area contributed by atoms with Crippen LogP contribution in [-0.2, 0) is 4.79 Å². The van der Waals surface area contributed by atoms with E-state index in [9.17, 15) is 4.79 Å². The number of rotatable bonds is 3. The largest absolute Gasteiger partial charge is 0.322 e. The van der Waals surface area contributed by atoms with Gasteiger partial charge in [-0.25, -0.2) is 9.97 Å². The summed E-state index contributed by atoms with van der Waals surface area (Å²) in [4.78, 5) is 19.8. The highest BCUT2D eigenvalue weighted by Crippen LogP contribution is 2.15. The molecule has 1 N–H and O–H groups in total. The molecule has 0 aliphatic carbocycles. The van der Waals surface area contributed by atoms with Crippen molar-refractivity contribution in [3.63, 3.8) is 0 Å². The van der Waals surface area contributed by atoms with Gasteiger partial charge in [0, 0.05) is 5.56 Å². The monoisotopic (exact) mass is 261 g/mol. The van der Waals surface area contributed by atoms with Crippen LogP contribution in [-0.4, -0.2) is 21.3 Å². The number of anilines is 1. The van der Waals surface area contributed by atoms with Crippen LogP contribution in [0.5, 0.6) is 0 Å². The number of carbonyl (C=O) groups excluding carboxylic acids is 1. The van der Waals surface area contributed by atoms with Crippen LogP contribution in [0.15, 0.2) is 42.7 Å². The maximum atomic E-state index is 11.4. The molecule has 0 fully saturated rings. The quantitative estimate of drug-likeness (QED) is 0.865. The smallest absolute Gasteiger partial charge is 0.242 e. The molecule has 0 saturated heterocycles. The van der Waals surface area contributed by atoms with Crippen molar-refractivity contribution in [2.75, 3.05) is 5.32 Å². The number of nitrogens with one attached hydrogen (secondary N) is 1. The maximum absolute atomic E-state index is 11.4. The second-order valence-electron chi connectivity index (χ2n) is 3.77. The van der Waals surface area contributed by atoms with Crippen molar-refractivity contribution in [3.8, 4) is 11.4 Å². The minimum Gasteiger partial charge on any atom is -0.322 e. The lowest BCUT2D eigenvalue weighted by atomic mass is 10.2. The van der Waals surface area contributed by atoms with Crippen molar-refractivity contribution >= 4 is 23.2 Å². The summed E-state index contributed by atoms with van der Waals surface area (Å²) in [5.74, 6) is 0.347. The number of hydrogen-bond donors (Lipinski definition) is 1. The van der Waals surface area contributed by atoms with Gasteiger partial charge in [0.25, 0.3) is 0 Å². The summed E-state index contributed by atoms with van der Waals surface area (Å²) in [6.07, 6.45) is 3.12. The first-order valence-electron chi connectivity index (χ1n) is 5.49. The highest BCUT2D eigenvalue weighted by atomic mass is 35.5. The molecule has 0 aliphatic heterocycles. The Hall–Kier alpha value is -1.94. The van der Waals surface area contributed by atoms with E-state index in [0.717, 1.165) is 5.56 Å². The molecular weight excluding hydrogens is 250 g/mol. The van der Waals surface area contributed by atoms with Gasteiger partial charge < -0.3 is 5.32 Å². The Morgan fingerprint density at radius 2 is 1.83 bits per heavy atom. The predicted octanol–water partition coefficient (Wildman–Crippen LogP) is 2.71. The van der Waals surface area contributed by atoms with E-state index in [0.29, 0.717) is 11.5 Å². The van der Waals surface area contributed by atoms with Crippen LogP contribution in [0.2, 0.25) is 0 Å². The van der Waals surface area contributed by atoms with Crippen LogP contribution in [0.25, 0.3) is 11.4 Å². The first-order chi connectivity index (χ1) is 8.66. The number of halogens is 1. The summed E-state index contributed by atoms with van der Waals surface area (Å²) < 4.78 is 0. The first kappa shape index (κ1) is 12.5. The Bertz CT molecular complexity index is 526.